The van der Waals surface area contributed by atoms with Gasteiger partial charge in [0.15, 0.2) is 5.43 Å². The molecule has 38 heavy (non-hydrogen) atoms. The van der Waals surface area contributed by atoms with Gasteiger partial charge in [0.25, 0.3) is 0 Å². The minimum absolute atomic E-state index is 0.0897. The van der Waals surface area contributed by atoms with E-state index in [0.29, 0.717) is 54.5 Å². The van der Waals surface area contributed by atoms with Gasteiger partial charge in [0.1, 0.15) is 11.3 Å². The van der Waals surface area contributed by atoms with E-state index in [1.54, 1.807) is 13.2 Å². The van der Waals surface area contributed by atoms with Gasteiger partial charge in [-0.2, -0.15) is 0 Å². The molecule has 0 radical (unpaired) electrons. The van der Waals surface area contributed by atoms with Crippen LogP contribution in [0.25, 0.3) is 22.4 Å². The molecule has 0 unspecified atom stereocenters. The van der Waals surface area contributed by atoms with Gasteiger partial charge in [-0.3, -0.25) is 4.79 Å². The van der Waals surface area contributed by atoms with Crippen molar-refractivity contribution in [2.24, 2.45) is 5.41 Å². The molecule has 1 aliphatic heterocycles. The minimum atomic E-state index is -1.25. The molecule has 0 saturated carbocycles. The highest BCUT2D eigenvalue weighted by Crippen LogP contribution is 2.47. The summed E-state index contributed by atoms with van der Waals surface area (Å²) in [6.07, 6.45) is 2.78. The minimum Gasteiger partial charge on any atom is -0.493 e. The normalized spacial score (nSPS) is 14.4. The van der Waals surface area contributed by atoms with Gasteiger partial charge in [-0.05, 0) is 29.5 Å². The Morgan fingerprint density at radius 2 is 1.79 bits per heavy atom. The van der Waals surface area contributed by atoms with Crippen molar-refractivity contribution in [1.29, 1.82) is 0 Å². The molecule has 10 heteroatoms. The molecule has 202 valence electrons. The lowest BCUT2D eigenvalue weighted by molar-refractivity contribution is 0.0693. The molecule has 1 N–H and O–H groups in total. The summed E-state index contributed by atoms with van der Waals surface area (Å²) in [6, 6.07) is 6.96. The molecule has 0 amide bonds. The van der Waals surface area contributed by atoms with Crippen LogP contribution in [0.2, 0.25) is 0 Å². The van der Waals surface area contributed by atoms with Gasteiger partial charge in [0, 0.05) is 55.6 Å². The van der Waals surface area contributed by atoms with Crippen molar-refractivity contribution in [3.8, 4) is 39.9 Å². The Morgan fingerprint density at radius 1 is 1.03 bits per heavy atom. The number of hydrogen-bond donors (Lipinski definition) is 1. The fraction of sp³-hybridized carbons (Fsp3) is 0.429. The Morgan fingerprint density at radius 3 is 2.42 bits per heavy atom. The lowest BCUT2D eigenvalue weighted by Crippen LogP contribution is -2.32. The summed E-state index contributed by atoms with van der Waals surface area (Å²) in [5.74, 6) is -0.0309. The summed E-state index contributed by atoms with van der Waals surface area (Å²) in [6.45, 7) is 7.28. The van der Waals surface area contributed by atoms with Crippen LogP contribution in [0.4, 0.5) is 0 Å². The van der Waals surface area contributed by atoms with Gasteiger partial charge in [0.05, 0.1) is 32.1 Å². The highest BCUT2D eigenvalue weighted by Gasteiger charge is 2.34. The number of aromatic nitrogens is 3. The molecule has 2 aromatic heterocycles. The van der Waals surface area contributed by atoms with Crippen molar-refractivity contribution in [3.05, 3.63) is 51.8 Å². The Labute approximate surface area is 221 Å². The summed E-state index contributed by atoms with van der Waals surface area (Å²) in [4.78, 5) is 24.6. The van der Waals surface area contributed by atoms with Gasteiger partial charge < -0.3 is 28.6 Å². The molecule has 1 aromatic carbocycles. The number of nitrogens with zero attached hydrogens (tertiary/aromatic N) is 3. The van der Waals surface area contributed by atoms with E-state index in [4.69, 9.17) is 18.9 Å². The molecule has 3 heterocycles. The van der Waals surface area contributed by atoms with Crippen molar-refractivity contribution in [2.75, 3.05) is 34.5 Å². The molecular weight excluding hydrogens is 490 g/mol. The molecular formula is C28H33N3O7. The number of carboxylic acid groups (broad SMARTS) is 1. The van der Waals surface area contributed by atoms with Crippen molar-refractivity contribution in [3.63, 3.8) is 0 Å². The number of fused-ring (bicyclic) bond motifs is 3. The molecule has 0 bridgehead atoms. The summed E-state index contributed by atoms with van der Waals surface area (Å²) in [5.41, 5.74) is 2.70. The van der Waals surface area contributed by atoms with Crippen LogP contribution in [0.3, 0.4) is 0 Å². The summed E-state index contributed by atoms with van der Waals surface area (Å²) < 4.78 is 24.2. The van der Waals surface area contributed by atoms with Crippen LogP contribution >= 0.6 is 0 Å². The monoisotopic (exact) mass is 523 g/mol. The number of carboxylic acids is 1. The third-order valence-corrected chi connectivity index (χ3v) is 6.72. The second kappa shape index (κ2) is 10.8. The van der Waals surface area contributed by atoms with E-state index in [1.165, 1.54) is 26.5 Å². The molecule has 10 nitrogen and oxygen atoms in total. The molecule has 1 atom stereocenters. The molecule has 3 aromatic rings. The summed E-state index contributed by atoms with van der Waals surface area (Å²) in [7, 11) is 4.66. The Bertz CT molecular complexity index is 1410. The predicted molar refractivity (Wildman–Crippen MR) is 141 cm³/mol. The zero-order valence-electron chi connectivity index (χ0n) is 22.5. The van der Waals surface area contributed by atoms with Crippen LogP contribution in [0.5, 0.6) is 17.5 Å². The summed E-state index contributed by atoms with van der Waals surface area (Å²) in [5, 5.41) is 17.8. The number of benzene rings is 1. The first-order valence-electron chi connectivity index (χ1n) is 12.3. The zero-order chi connectivity index (χ0) is 27.6. The molecule has 1 aliphatic rings. The molecule has 0 aliphatic carbocycles. The first kappa shape index (κ1) is 27.1. The van der Waals surface area contributed by atoms with Crippen LogP contribution in [0.15, 0.2) is 35.3 Å². The second-order valence-corrected chi connectivity index (χ2v) is 10.2. The van der Waals surface area contributed by atoms with Crippen molar-refractivity contribution in [1.82, 2.24) is 14.8 Å². The number of methoxy groups -OCH3 is 3. The van der Waals surface area contributed by atoms with Gasteiger partial charge in [-0.15, -0.1) is 10.2 Å². The SMILES string of the molecule is COCCCOc1cc2c(cc1-c1cc(OC)nnc1OC)-c1cc(=O)c(C(=O)O)cn1[C@H](C(C)(C)C)C2. The standard InChI is InChI=1S/C28H33N3O7/c1-28(2,3)24-11-16-10-23(38-9-7-8-35-4)18(19-13-25(36-5)29-30-26(19)37-6)12-17(16)21-14-22(32)20(27(33)34)15-31(21)24/h10,12-15,24H,7-9,11H2,1-6H3,(H,33,34)/t24-/m0/s1. The Balaban J connectivity index is 1.98. The first-order chi connectivity index (χ1) is 18.1. The van der Waals surface area contributed by atoms with Gasteiger partial charge in [-0.25, -0.2) is 4.79 Å². The van der Waals surface area contributed by atoms with Crippen LogP contribution in [-0.4, -0.2) is 60.4 Å². The smallest absolute Gasteiger partial charge is 0.341 e. The van der Waals surface area contributed by atoms with Crippen molar-refractivity contribution >= 4 is 5.97 Å². The van der Waals surface area contributed by atoms with Gasteiger partial charge in [-0.1, -0.05) is 20.8 Å². The number of pyridine rings is 1. The lowest BCUT2D eigenvalue weighted by Gasteiger charge is -2.39. The Hall–Kier alpha value is -3.92. The Kier molecular flexibility index (Phi) is 7.73. The van der Waals surface area contributed by atoms with Crippen LogP contribution in [0.1, 0.15) is 49.2 Å². The third-order valence-electron chi connectivity index (χ3n) is 6.72. The number of ether oxygens (including phenoxy) is 4. The average molecular weight is 524 g/mol. The summed E-state index contributed by atoms with van der Waals surface area (Å²) >= 11 is 0. The molecule has 0 spiro atoms. The maximum absolute atomic E-state index is 12.8. The number of rotatable bonds is 9. The second-order valence-electron chi connectivity index (χ2n) is 10.2. The highest BCUT2D eigenvalue weighted by molar-refractivity contribution is 5.88. The number of carbonyl (C=O) groups is 1. The van der Waals surface area contributed by atoms with E-state index < -0.39 is 11.4 Å². The first-order valence-corrected chi connectivity index (χ1v) is 12.3. The average Bonchev–Trinajstić information content (AvgIpc) is 2.88. The number of hydrogen-bond acceptors (Lipinski definition) is 8. The molecule has 0 fully saturated rings. The number of aromatic carboxylic acids is 1. The fourth-order valence-electron chi connectivity index (χ4n) is 4.76. The fourth-order valence-corrected chi connectivity index (χ4v) is 4.76. The van der Waals surface area contributed by atoms with E-state index in [9.17, 15) is 14.7 Å². The van der Waals surface area contributed by atoms with Crippen LogP contribution < -0.4 is 19.6 Å². The van der Waals surface area contributed by atoms with Crippen LogP contribution in [-0.2, 0) is 11.2 Å². The highest BCUT2D eigenvalue weighted by atomic mass is 16.5. The zero-order valence-corrected chi connectivity index (χ0v) is 22.5. The van der Waals surface area contributed by atoms with Crippen molar-refractivity contribution < 1.29 is 28.8 Å². The lowest BCUT2D eigenvalue weighted by atomic mass is 9.78. The van der Waals surface area contributed by atoms with Crippen LogP contribution in [0, 0.1) is 5.41 Å². The molecule has 4 rings (SSSR count). The third kappa shape index (κ3) is 5.22. The van der Waals surface area contributed by atoms with Gasteiger partial charge >= 0.3 is 5.97 Å². The van der Waals surface area contributed by atoms with E-state index in [-0.39, 0.29) is 22.9 Å². The van der Waals surface area contributed by atoms with Gasteiger partial charge in [0.2, 0.25) is 11.8 Å². The molecule has 0 saturated heterocycles. The maximum atomic E-state index is 12.8. The van der Waals surface area contributed by atoms with E-state index >= 15 is 0 Å². The van der Waals surface area contributed by atoms with E-state index in [0.717, 1.165) is 11.1 Å². The largest absolute Gasteiger partial charge is 0.493 e. The maximum Gasteiger partial charge on any atom is 0.341 e. The van der Waals surface area contributed by atoms with E-state index in [1.807, 2.05) is 16.7 Å². The van der Waals surface area contributed by atoms with E-state index in [2.05, 4.69) is 31.0 Å². The topological polar surface area (TPSA) is 122 Å². The quantitative estimate of drug-likeness (QED) is 0.410. The van der Waals surface area contributed by atoms with Crippen molar-refractivity contribution in [2.45, 2.75) is 39.7 Å². The predicted octanol–water partition coefficient (Wildman–Crippen LogP) is 4.25.